The Morgan fingerprint density at radius 3 is 2.67 bits per heavy atom. The number of carbonyl (C=O) groups is 1. The van der Waals surface area contributed by atoms with Crippen molar-refractivity contribution in [3.63, 3.8) is 0 Å². The topological polar surface area (TPSA) is 45.8 Å². The summed E-state index contributed by atoms with van der Waals surface area (Å²) in [5.41, 5.74) is 5.13. The van der Waals surface area contributed by atoms with Crippen LogP contribution >= 0.6 is 0 Å². The second-order valence-electron chi connectivity index (χ2n) is 5.78. The number of H-pyrrole nitrogens is 1. The molecule has 0 spiro atoms. The molecule has 116 valence electrons. The maximum Gasteiger partial charge on any atom is 0.167 e. The maximum absolute atomic E-state index is 12.4. The molecule has 0 saturated carbocycles. The molecule has 0 bridgehead atoms. The van der Waals surface area contributed by atoms with Crippen LogP contribution in [0.4, 0.5) is 0 Å². The van der Waals surface area contributed by atoms with Crippen LogP contribution in [0.25, 0.3) is 22.0 Å². The van der Waals surface area contributed by atoms with E-state index in [1.807, 2.05) is 24.4 Å². The molecule has 0 radical (unpaired) electrons. The molecule has 0 atom stereocenters. The lowest BCUT2D eigenvalue weighted by Gasteiger charge is -2.07. The monoisotopic (exact) mass is 312 g/mol. The zero-order valence-electron chi connectivity index (χ0n) is 13.1. The number of aromatic amines is 1. The molecule has 0 saturated heterocycles. The van der Waals surface area contributed by atoms with Crippen molar-refractivity contribution in [2.24, 2.45) is 0 Å². The van der Waals surface area contributed by atoms with Crippen LogP contribution < -0.4 is 0 Å². The lowest BCUT2D eigenvalue weighted by atomic mass is 9.97. The molecule has 0 unspecified atom stereocenters. The van der Waals surface area contributed by atoms with Crippen LogP contribution in [0.1, 0.15) is 15.9 Å². The predicted molar refractivity (Wildman–Crippen MR) is 96.0 cm³/mol. The summed E-state index contributed by atoms with van der Waals surface area (Å²) in [7, 11) is 0. The summed E-state index contributed by atoms with van der Waals surface area (Å²) in [6, 6.07) is 20.0. The minimum atomic E-state index is 0.106. The van der Waals surface area contributed by atoms with Gasteiger partial charge in [0.25, 0.3) is 0 Å². The van der Waals surface area contributed by atoms with Crippen LogP contribution in [-0.4, -0.2) is 15.8 Å². The van der Waals surface area contributed by atoms with E-state index in [0.717, 1.165) is 16.6 Å². The first-order valence-corrected chi connectivity index (χ1v) is 7.90. The number of ketones is 1. The average Bonchev–Trinajstić information content (AvgIpc) is 3.11. The number of pyridine rings is 1. The summed E-state index contributed by atoms with van der Waals surface area (Å²) < 4.78 is 0. The normalized spacial score (nSPS) is 10.8. The second kappa shape index (κ2) is 6.13. The average molecular weight is 312 g/mol. The Bertz CT molecular complexity index is 1000. The van der Waals surface area contributed by atoms with Gasteiger partial charge in [0.2, 0.25) is 0 Å². The Hall–Kier alpha value is -3.20. The van der Waals surface area contributed by atoms with Crippen molar-refractivity contribution in [1.82, 2.24) is 9.97 Å². The molecule has 1 N–H and O–H groups in total. The third kappa shape index (κ3) is 2.72. The zero-order chi connectivity index (χ0) is 16.4. The summed E-state index contributed by atoms with van der Waals surface area (Å²) in [6.45, 7) is 0. The Morgan fingerprint density at radius 2 is 1.79 bits per heavy atom. The molecular weight excluding hydrogens is 296 g/mol. The first-order valence-electron chi connectivity index (χ1n) is 7.90. The molecule has 0 aliphatic heterocycles. The Kier molecular flexibility index (Phi) is 3.67. The molecule has 3 nitrogen and oxygen atoms in total. The van der Waals surface area contributed by atoms with Gasteiger partial charge in [-0.25, -0.2) is 0 Å². The van der Waals surface area contributed by atoms with Crippen LogP contribution in [0, 0.1) is 0 Å². The zero-order valence-corrected chi connectivity index (χ0v) is 13.1. The molecule has 0 aliphatic carbocycles. The van der Waals surface area contributed by atoms with E-state index < -0.39 is 0 Å². The molecule has 2 aromatic carbocycles. The molecule has 3 heteroatoms. The van der Waals surface area contributed by atoms with Gasteiger partial charge in [-0.2, -0.15) is 0 Å². The van der Waals surface area contributed by atoms with Crippen molar-refractivity contribution in [2.75, 3.05) is 0 Å². The van der Waals surface area contributed by atoms with Gasteiger partial charge in [0.05, 0.1) is 0 Å². The van der Waals surface area contributed by atoms with Crippen LogP contribution in [0.15, 0.2) is 79.3 Å². The Morgan fingerprint density at radius 1 is 0.958 bits per heavy atom. The number of hydrogen-bond donors (Lipinski definition) is 1. The standard InChI is InChI=1S/C21H16N2O/c24-21(16-7-10-22-11-8-16)14-15-3-1-4-17(13-15)18-5-2-6-20-19(18)9-12-23-20/h1-13,23H,14H2. The van der Waals surface area contributed by atoms with Gasteiger partial charge < -0.3 is 4.98 Å². The van der Waals surface area contributed by atoms with Gasteiger partial charge in [-0.05, 0) is 41.0 Å². The van der Waals surface area contributed by atoms with Crippen molar-refractivity contribution < 1.29 is 4.79 Å². The van der Waals surface area contributed by atoms with Gasteiger partial charge in [0.1, 0.15) is 0 Å². The van der Waals surface area contributed by atoms with E-state index in [0.29, 0.717) is 12.0 Å². The second-order valence-corrected chi connectivity index (χ2v) is 5.78. The number of hydrogen-bond acceptors (Lipinski definition) is 2. The Balaban J connectivity index is 1.67. The number of carbonyl (C=O) groups excluding carboxylic acids is 1. The number of aromatic nitrogens is 2. The summed E-state index contributed by atoms with van der Waals surface area (Å²) >= 11 is 0. The van der Waals surface area contributed by atoms with Crippen LogP contribution in [0.5, 0.6) is 0 Å². The van der Waals surface area contributed by atoms with Crippen LogP contribution in [-0.2, 0) is 6.42 Å². The minimum absolute atomic E-state index is 0.106. The summed E-state index contributed by atoms with van der Waals surface area (Å²) in [4.78, 5) is 19.6. The van der Waals surface area contributed by atoms with Crippen molar-refractivity contribution in [2.45, 2.75) is 6.42 Å². The lowest BCUT2D eigenvalue weighted by Crippen LogP contribution is -2.03. The van der Waals surface area contributed by atoms with E-state index in [4.69, 9.17) is 0 Å². The first kappa shape index (κ1) is 14.4. The first-order chi connectivity index (χ1) is 11.8. The molecular formula is C21H16N2O. The van der Waals surface area contributed by atoms with Crippen LogP contribution in [0.3, 0.4) is 0 Å². The van der Waals surface area contributed by atoms with E-state index >= 15 is 0 Å². The fourth-order valence-electron chi connectivity index (χ4n) is 3.01. The fraction of sp³-hybridized carbons (Fsp3) is 0.0476. The number of fused-ring (bicyclic) bond motifs is 1. The predicted octanol–water partition coefficient (Wildman–Crippen LogP) is 4.66. The molecule has 4 rings (SSSR count). The largest absolute Gasteiger partial charge is 0.361 e. The summed E-state index contributed by atoms with van der Waals surface area (Å²) in [6.07, 6.45) is 5.64. The van der Waals surface area contributed by atoms with E-state index in [2.05, 4.69) is 40.3 Å². The van der Waals surface area contributed by atoms with Crippen molar-refractivity contribution in [3.8, 4) is 11.1 Å². The highest BCUT2D eigenvalue weighted by Gasteiger charge is 2.09. The molecule has 2 aromatic heterocycles. The van der Waals surface area contributed by atoms with Gasteiger partial charge in [-0.1, -0.05) is 36.4 Å². The van der Waals surface area contributed by atoms with Crippen molar-refractivity contribution >= 4 is 16.7 Å². The highest BCUT2D eigenvalue weighted by molar-refractivity contribution is 5.98. The van der Waals surface area contributed by atoms with Gasteiger partial charge in [0, 0.05) is 41.5 Å². The fourth-order valence-corrected chi connectivity index (χ4v) is 3.01. The highest BCUT2D eigenvalue weighted by atomic mass is 16.1. The Labute approximate surface area is 140 Å². The SMILES string of the molecule is O=C(Cc1cccc(-c2cccc3[nH]ccc23)c1)c1ccncc1. The smallest absolute Gasteiger partial charge is 0.167 e. The van der Waals surface area contributed by atoms with Gasteiger partial charge in [-0.15, -0.1) is 0 Å². The number of Topliss-reactive ketones (excluding diaryl/α,β-unsaturated/α-hetero) is 1. The van der Waals surface area contributed by atoms with Gasteiger partial charge >= 0.3 is 0 Å². The number of rotatable bonds is 4. The number of benzene rings is 2. The quantitative estimate of drug-likeness (QED) is 0.557. The number of nitrogens with one attached hydrogen (secondary N) is 1. The van der Waals surface area contributed by atoms with Crippen molar-refractivity contribution in [1.29, 1.82) is 0 Å². The molecule has 2 heterocycles. The minimum Gasteiger partial charge on any atom is -0.361 e. The van der Waals surface area contributed by atoms with Gasteiger partial charge in [0.15, 0.2) is 5.78 Å². The number of nitrogens with zero attached hydrogens (tertiary/aromatic N) is 1. The van der Waals surface area contributed by atoms with E-state index in [1.54, 1.807) is 24.5 Å². The summed E-state index contributed by atoms with van der Waals surface area (Å²) in [5, 5.41) is 1.19. The van der Waals surface area contributed by atoms with E-state index in [9.17, 15) is 4.79 Å². The van der Waals surface area contributed by atoms with Gasteiger partial charge in [-0.3, -0.25) is 9.78 Å². The van der Waals surface area contributed by atoms with Crippen molar-refractivity contribution in [3.05, 3.63) is 90.4 Å². The summed E-state index contributed by atoms with van der Waals surface area (Å²) in [5.74, 6) is 0.106. The molecule has 24 heavy (non-hydrogen) atoms. The lowest BCUT2D eigenvalue weighted by molar-refractivity contribution is 0.0993. The third-order valence-corrected chi connectivity index (χ3v) is 4.20. The molecule has 0 amide bonds. The highest BCUT2D eigenvalue weighted by Crippen LogP contribution is 2.28. The van der Waals surface area contributed by atoms with Crippen LogP contribution in [0.2, 0.25) is 0 Å². The van der Waals surface area contributed by atoms with E-state index in [1.165, 1.54) is 10.9 Å². The van der Waals surface area contributed by atoms with E-state index in [-0.39, 0.29) is 5.78 Å². The molecule has 0 fully saturated rings. The molecule has 0 aliphatic rings. The third-order valence-electron chi connectivity index (χ3n) is 4.20. The maximum atomic E-state index is 12.4. The molecule has 4 aromatic rings.